The van der Waals surface area contributed by atoms with E-state index in [2.05, 4.69) is 9.97 Å². The zero-order chi connectivity index (χ0) is 18.4. The van der Waals surface area contributed by atoms with E-state index in [1.807, 2.05) is 30.3 Å². The van der Waals surface area contributed by atoms with Crippen molar-refractivity contribution >= 4 is 45.1 Å². The summed E-state index contributed by atoms with van der Waals surface area (Å²) in [5.41, 5.74) is 12.4. The van der Waals surface area contributed by atoms with Crippen LogP contribution in [0.25, 0.3) is 21.7 Å². The van der Waals surface area contributed by atoms with Gasteiger partial charge in [0.15, 0.2) is 15.5 Å². The Kier molecular flexibility index (Phi) is 5.18. The smallest absolute Gasteiger partial charge is 0.281 e. The molecule has 3 heterocycles. The summed E-state index contributed by atoms with van der Waals surface area (Å²) in [6, 6.07) is 8.83. The van der Waals surface area contributed by atoms with E-state index in [9.17, 15) is 9.59 Å². The van der Waals surface area contributed by atoms with Gasteiger partial charge in [-0.3, -0.25) is 14.2 Å². The minimum atomic E-state index is -0.511. The molecule has 8 nitrogen and oxygen atoms in total. The molecule has 0 aliphatic carbocycles. The second kappa shape index (κ2) is 7.26. The van der Waals surface area contributed by atoms with Crippen LogP contribution in [-0.2, 0) is 11.8 Å². The van der Waals surface area contributed by atoms with Crippen molar-refractivity contribution in [3.63, 3.8) is 0 Å². The maximum absolute atomic E-state index is 12.8. The molecule has 2 atom stereocenters. The summed E-state index contributed by atoms with van der Waals surface area (Å²) in [5.74, 6) is 0.130. The van der Waals surface area contributed by atoms with Gasteiger partial charge in [-0.25, -0.2) is 9.97 Å². The Hall–Kier alpha value is -2.49. The third kappa shape index (κ3) is 3.29. The van der Waals surface area contributed by atoms with Crippen molar-refractivity contribution < 1.29 is 4.79 Å². The predicted molar refractivity (Wildman–Crippen MR) is 108 cm³/mol. The molecule has 2 aromatic heterocycles. The largest absolute Gasteiger partial charge is 0.368 e. The Labute approximate surface area is 165 Å². The van der Waals surface area contributed by atoms with Crippen LogP contribution in [0.5, 0.6) is 0 Å². The molecule has 1 aromatic carbocycles. The number of halogens is 1. The molecule has 0 unspecified atom stereocenters. The standard InChI is InChI=1S/C17H18N6O2S.ClH/c1-22-14(9-5-3-2-4-6-9)21-15-12(16(22)25)20-17(26-15)23-8-10(18)7-11(23)13(19)24;/h2-6,10-11H,7-8,18H2,1H3,(H2,19,24);1H/t10-,11-;/m1./s1. The first-order valence-electron chi connectivity index (χ1n) is 8.20. The molecule has 4 rings (SSSR count). The van der Waals surface area contributed by atoms with Crippen LogP contribution >= 0.6 is 23.7 Å². The molecule has 4 N–H and O–H groups in total. The molecule has 1 saturated heterocycles. The molecular formula is C17H19ClN6O2S. The molecule has 0 bridgehead atoms. The Morgan fingerprint density at radius 2 is 1.96 bits per heavy atom. The van der Waals surface area contributed by atoms with E-state index in [0.29, 0.717) is 28.8 Å². The van der Waals surface area contributed by atoms with Gasteiger partial charge in [0.05, 0.1) is 0 Å². The fourth-order valence-electron chi connectivity index (χ4n) is 3.26. The normalized spacial score (nSPS) is 19.3. The first-order chi connectivity index (χ1) is 12.5. The lowest BCUT2D eigenvalue weighted by Crippen LogP contribution is -2.40. The van der Waals surface area contributed by atoms with Crippen molar-refractivity contribution in [2.45, 2.75) is 18.5 Å². The van der Waals surface area contributed by atoms with Crippen LogP contribution in [0.4, 0.5) is 5.13 Å². The van der Waals surface area contributed by atoms with Gasteiger partial charge in [0.2, 0.25) is 5.91 Å². The highest BCUT2D eigenvalue weighted by Gasteiger charge is 2.36. The lowest BCUT2D eigenvalue weighted by Gasteiger charge is -2.20. The van der Waals surface area contributed by atoms with E-state index in [4.69, 9.17) is 11.5 Å². The molecule has 0 spiro atoms. The zero-order valence-corrected chi connectivity index (χ0v) is 16.2. The summed E-state index contributed by atoms with van der Waals surface area (Å²) in [6.45, 7) is 0.472. The Morgan fingerprint density at radius 3 is 2.63 bits per heavy atom. The number of hydrogen-bond acceptors (Lipinski definition) is 7. The summed E-state index contributed by atoms with van der Waals surface area (Å²) < 4.78 is 1.49. The number of carbonyl (C=O) groups is 1. The fourth-order valence-corrected chi connectivity index (χ4v) is 4.25. The number of primary amides is 1. The molecular weight excluding hydrogens is 388 g/mol. The molecule has 27 heavy (non-hydrogen) atoms. The third-order valence-electron chi connectivity index (χ3n) is 4.57. The van der Waals surface area contributed by atoms with Gasteiger partial charge < -0.3 is 16.4 Å². The highest BCUT2D eigenvalue weighted by Crippen LogP contribution is 2.32. The average molecular weight is 407 g/mol. The number of amides is 1. The van der Waals surface area contributed by atoms with Gasteiger partial charge in [-0.15, -0.1) is 12.4 Å². The second-order valence-electron chi connectivity index (χ2n) is 6.38. The topological polar surface area (TPSA) is 120 Å². The zero-order valence-electron chi connectivity index (χ0n) is 14.5. The van der Waals surface area contributed by atoms with Crippen molar-refractivity contribution in [3.8, 4) is 11.4 Å². The van der Waals surface area contributed by atoms with Gasteiger partial charge in [-0.1, -0.05) is 41.7 Å². The number of anilines is 1. The summed E-state index contributed by atoms with van der Waals surface area (Å²) in [5, 5.41) is 0.548. The van der Waals surface area contributed by atoms with Gasteiger partial charge >= 0.3 is 0 Å². The molecule has 0 saturated carbocycles. The SMILES string of the molecule is Cl.Cn1c(-c2ccccc2)nc2sc(N3C[C@H](N)C[C@@H]3C(N)=O)nc2c1=O. The van der Waals surface area contributed by atoms with Gasteiger partial charge in [-0.05, 0) is 6.42 Å². The highest BCUT2D eigenvalue weighted by molar-refractivity contribution is 7.21. The van der Waals surface area contributed by atoms with Crippen molar-refractivity contribution in [3.05, 3.63) is 40.7 Å². The van der Waals surface area contributed by atoms with Gasteiger partial charge in [0.25, 0.3) is 5.56 Å². The lowest BCUT2D eigenvalue weighted by molar-refractivity contribution is -0.119. The number of carbonyl (C=O) groups excluding carboxylic acids is 1. The first kappa shape index (κ1) is 19.3. The number of hydrogen-bond donors (Lipinski definition) is 2. The van der Waals surface area contributed by atoms with E-state index in [1.54, 1.807) is 11.9 Å². The molecule has 1 fully saturated rings. The second-order valence-corrected chi connectivity index (χ2v) is 7.34. The van der Waals surface area contributed by atoms with Crippen LogP contribution in [0.2, 0.25) is 0 Å². The van der Waals surface area contributed by atoms with Crippen molar-refractivity contribution in [2.24, 2.45) is 18.5 Å². The van der Waals surface area contributed by atoms with Crippen LogP contribution in [-0.4, -0.2) is 39.1 Å². The Bertz CT molecular complexity index is 1050. The predicted octanol–water partition coefficient (Wildman–Crippen LogP) is 0.870. The number of fused-ring (bicyclic) bond motifs is 1. The molecule has 1 aliphatic rings. The summed E-state index contributed by atoms with van der Waals surface area (Å²) >= 11 is 1.28. The third-order valence-corrected chi connectivity index (χ3v) is 5.56. The summed E-state index contributed by atoms with van der Waals surface area (Å²) in [6.07, 6.45) is 0.478. The fraction of sp³-hybridized carbons (Fsp3) is 0.294. The number of aromatic nitrogens is 3. The van der Waals surface area contributed by atoms with E-state index >= 15 is 0 Å². The van der Waals surface area contributed by atoms with Crippen LogP contribution in [0.3, 0.4) is 0 Å². The minimum absolute atomic E-state index is 0. The van der Waals surface area contributed by atoms with Gasteiger partial charge in [0, 0.05) is 25.2 Å². The average Bonchev–Trinajstić information content (AvgIpc) is 3.22. The molecule has 0 radical (unpaired) electrons. The monoisotopic (exact) mass is 406 g/mol. The molecule has 3 aromatic rings. The maximum atomic E-state index is 12.8. The van der Waals surface area contributed by atoms with E-state index in [1.165, 1.54) is 15.9 Å². The van der Waals surface area contributed by atoms with E-state index in [-0.39, 0.29) is 29.5 Å². The van der Waals surface area contributed by atoms with E-state index in [0.717, 1.165) is 5.56 Å². The Balaban J connectivity index is 0.00000210. The van der Waals surface area contributed by atoms with E-state index < -0.39 is 11.9 Å². The van der Waals surface area contributed by atoms with Gasteiger partial charge in [0.1, 0.15) is 11.9 Å². The van der Waals surface area contributed by atoms with Crippen molar-refractivity contribution in [1.29, 1.82) is 0 Å². The molecule has 142 valence electrons. The molecule has 1 aliphatic heterocycles. The van der Waals surface area contributed by atoms with Crippen LogP contribution in [0.1, 0.15) is 6.42 Å². The van der Waals surface area contributed by atoms with Crippen molar-refractivity contribution in [1.82, 2.24) is 14.5 Å². The van der Waals surface area contributed by atoms with Gasteiger partial charge in [-0.2, -0.15) is 0 Å². The summed E-state index contributed by atoms with van der Waals surface area (Å²) in [4.78, 5) is 35.9. The lowest BCUT2D eigenvalue weighted by atomic mass is 10.2. The van der Waals surface area contributed by atoms with Crippen LogP contribution in [0, 0.1) is 0 Å². The number of thiazole rings is 1. The van der Waals surface area contributed by atoms with Crippen LogP contribution in [0.15, 0.2) is 35.1 Å². The first-order valence-corrected chi connectivity index (χ1v) is 9.02. The highest BCUT2D eigenvalue weighted by atomic mass is 35.5. The maximum Gasteiger partial charge on any atom is 0.281 e. The summed E-state index contributed by atoms with van der Waals surface area (Å²) in [7, 11) is 1.67. The van der Waals surface area contributed by atoms with Crippen LogP contribution < -0.4 is 21.9 Å². The molecule has 10 heteroatoms. The molecule has 1 amide bonds. The number of nitrogens with zero attached hydrogens (tertiary/aromatic N) is 4. The quantitative estimate of drug-likeness (QED) is 0.665. The number of rotatable bonds is 3. The Morgan fingerprint density at radius 1 is 1.26 bits per heavy atom. The number of benzene rings is 1. The number of nitrogens with two attached hydrogens (primary N) is 2. The van der Waals surface area contributed by atoms with Crippen molar-refractivity contribution in [2.75, 3.05) is 11.4 Å². The minimum Gasteiger partial charge on any atom is -0.368 e.